The minimum absolute atomic E-state index is 0.115. The number of carbonyl (C=O) groups is 1. The molecule has 0 saturated carbocycles. The van der Waals surface area contributed by atoms with Crippen LogP contribution in [0, 0.1) is 11.3 Å². The zero-order valence-corrected chi connectivity index (χ0v) is 15.8. The van der Waals surface area contributed by atoms with Crippen LogP contribution < -0.4 is 0 Å². The Morgan fingerprint density at radius 1 is 1.09 bits per heavy atom. The molecule has 0 aliphatic heterocycles. The van der Waals surface area contributed by atoms with E-state index in [0.717, 1.165) is 25.9 Å². The van der Waals surface area contributed by atoms with E-state index in [2.05, 4.69) is 41.5 Å². The Bertz CT molecular complexity index is 325. The maximum atomic E-state index is 11.7. The van der Waals surface area contributed by atoms with Gasteiger partial charge in [0, 0.05) is 12.0 Å². The van der Waals surface area contributed by atoms with Crippen LogP contribution in [0.1, 0.15) is 74.7 Å². The minimum Gasteiger partial charge on any atom is -0.434 e. The van der Waals surface area contributed by atoms with Crippen LogP contribution in [0.5, 0.6) is 0 Å². The fourth-order valence-electron chi connectivity index (χ4n) is 1.93. The molecular weight excluding hydrogens is 280 g/mol. The number of rotatable bonds is 10. The average Bonchev–Trinajstić information content (AvgIpc) is 2.43. The molecule has 0 aliphatic carbocycles. The third-order valence-corrected chi connectivity index (χ3v) is 4.77. The van der Waals surface area contributed by atoms with Crippen molar-refractivity contribution in [2.24, 2.45) is 11.3 Å². The number of ether oxygens (including phenoxy) is 3. The Morgan fingerprint density at radius 3 is 2.14 bits per heavy atom. The molecule has 0 bridgehead atoms. The molecule has 0 aliphatic rings. The number of hydrogen-bond donors (Lipinski definition) is 0. The summed E-state index contributed by atoms with van der Waals surface area (Å²) in [6.45, 7) is 17.5. The quantitative estimate of drug-likeness (QED) is 0.520. The van der Waals surface area contributed by atoms with Gasteiger partial charge in [0.25, 0.3) is 0 Å². The van der Waals surface area contributed by atoms with Crippen molar-refractivity contribution >= 4 is 6.16 Å². The van der Waals surface area contributed by atoms with Gasteiger partial charge in [-0.3, -0.25) is 0 Å². The van der Waals surface area contributed by atoms with Crippen LogP contribution in [0.2, 0.25) is 0 Å². The largest absolute Gasteiger partial charge is 0.508 e. The molecule has 132 valence electrons. The molecule has 0 amide bonds. The van der Waals surface area contributed by atoms with Crippen LogP contribution in [-0.4, -0.2) is 31.1 Å². The molecule has 0 spiro atoms. The third-order valence-electron chi connectivity index (χ3n) is 4.77. The molecule has 0 aromatic rings. The molecule has 0 rings (SSSR count). The van der Waals surface area contributed by atoms with Crippen LogP contribution in [0.15, 0.2) is 0 Å². The Labute approximate surface area is 136 Å². The van der Waals surface area contributed by atoms with E-state index in [1.54, 1.807) is 0 Å². The second-order valence-corrected chi connectivity index (χ2v) is 7.33. The summed E-state index contributed by atoms with van der Waals surface area (Å²) in [7, 11) is 0. The van der Waals surface area contributed by atoms with E-state index >= 15 is 0 Å². The Morgan fingerprint density at radius 2 is 1.68 bits per heavy atom. The topological polar surface area (TPSA) is 44.8 Å². The van der Waals surface area contributed by atoms with Gasteiger partial charge >= 0.3 is 6.16 Å². The van der Waals surface area contributed by atoms with Crippen LogP contribution in [-0.2, 0) is 14.2 Å². The monoisotopic (exact) mass is 316 g/mol. The molecule has 0 fully saturated rings. The molecule has 2 atom stereocenters. The molecule has 22 heavy (non-hydrogen) atoms. The van der Waals surface area contributed by atoms with Gasteiger partial charge in [-0.15, -0.1) is 0 Å². The lowest BCUT2D eigenvalue weighted by atomic mass is 9.74. The van der Waals surface area contributed by atoms with Gasteiger partial charge in [0.05, 0.1) is 5.60 Å². The number of carbonyl (C=O) groups excluding carboxylic acids is 1. The van der Waals surface area contributed by atoms with Gasteiger partial charge in [-0.05, 0) is 46.0 Å². The van der Waals surface area contributed by atoms with Crippen molar-refractivity contribution in [2.45, 2.75) is 86.4 Å². The van der Waals surface area contributed by atoms with Gasteiger partial charge in [-0.1, -0.05) is 34.6 Å². The first-order chi connectivity index (χ1) is 10.1. The summed E-state index contributed by atoms with van der Waals surface area (Å²) >= 11 is 0. The highest BCUT2D eigenvalue weighted by Crippen LogP contribution is 2.38. The smallest absolute Gasteiger partial charge is 0.434 e. The summed E-state index contributed by atoms with van der Waals surface area (Å²) in [5, 5.41) is 0. The van der Waals surface area contributed by atoms with E-state index in [4.69, 9.17) is 14.2 Å². The van der Waals surface area contributed by atoms with E-state index in [1.807, 2.05) is 13.8 Å². The lowest BCUT2D eigenvalue weighted by molar-refractivity contribution is -0.132. The Balaban J connectivity index is 4.56. The first kappa shape index (κ1) is 21.2. The third kappa shape index (κ3) is 6.99. The lowest BCUT2D eigenvalue weighted by Gasteiger charge is -2.43. The first-order valence-electron chi connectivity index (χ1n) is 8.55. The molecule has 0 radical (unpaired) electrons. The number of hydrogen-bond acceptors (Lipinski definition) is 4. The van der Waals surface area contributed by atoms with Gasteiger partial charge in [-0.2, -0.15) is 0 Å². The Kier molecular flexibility index (Phi) is 9.06. The first-order valence-corrected chi connectivity index (χ1v) is 8.55. The standard InChI is InChI=1S/C18H36O4/c1-9-15(5)22-16(19)20-13-18(8,10-2)17(6,7)21-12-11-14(3)4/h14-15H,9-13H2,1-8H3. The van der Waals surface area contributed by atoms with Crippen LogP contribution in [0.25, 0.3) is 0 Å². The summed E-state index contributed by atoms with van der Waals surface area (Å²) in [5.74, 6) is 0.616. The van der Waals surface area contributed by atoms with E-state index in [0.29, 0.717) is 12.5 Å². The van der Waals surface area contributed by atoms with E-state index in [1.165, 1.54) is 0 Å². The van der Waals surface area contributed by atoms with Crippen LogP contribution in [0.4, 0.5) is 4.79 Å². The van der Waals surface area contributed by atoms with Crippen molar-refractivity contribution in [2.75, 3.05) is 13.2 Å². The molecule has 0 heterocycles. The van der Waals surface area contributed by atoms with Gasteiger partial charge in [-0.25, -0.2) is 4.79 Å². The van der Waals surface area contributed by atoms with E-state index in [-0.39, 0.29) is 17.1 Å². The van der Waals surface area contributed by atoms with Crippen LogP contribution >= 0.6 is 0 Å². The predicted molar refractivity (Wildman–Crippen MR) is 90.1 cm³/mol. The molecule has 2 unspecified atom stereocenters. The average molecular weight is 316 g/mol. The summed E-state index contributed by atoms with van der Waals surface area (Å²) in [4.78, 5) is 11.7. The van der Waals surface area contributed by atoms with Crippen LogP contribution in [0.3, 0.4) is 0 Å². The van der Waals surface area contributed by atoms with Crippen molar-refractivity contribution in [3.63, 3.8) is 0 Å². The van der Waals surface area contributed by atoms with E-state index < -0.39 is 6.16 Å². The van der Waals surface area contributed by atoms with Gasteiger partial charge in [0.15, 0.2) is 0 Å². The van der Waals surface area contributed by atoms with Gasteiger partial charge in [0.2, 0.25) is 0 Å². The molecule has 4 heteroatoms. The highest BCUT2D eigenvalue weighted by Gasteiger charge is 2.42. The molecule has 4 nitrogen and oxygen atoms in total. The van der Waals surface area contributed by atoms with Gasteiger partial charge < -0.3 is 14.2 Å². The van der Waals surface area contributed by atoms with Gasteiger partial charge in [0.1, 0.15) is 12.7 Å². The molecule has 0 N–H and O–H groups in total. The van der Waals surface area contributed by atoms with Crippen molar-refractivity contribution in [1.29, 1.82) is 0 Å². The predicted octanol–water partition coefficient (Wildman–Crippen LogP) is 5.20. The summed E-state index contributed by atoms with van der Waals surface area (Å²) in [6, 6.07) is 0. The minimum atomic E-state index is -0.591. The maximum Gasteiger partial charge on any atom is 0.508 e. The van der Waals surface area contributed by atoms with Crippen molar-refractivity contribution in [1.82, 2.24) is 0 Å². The Hall–Kier alpha value is -0.770. The SMILES string of the molecule is CCC(C)OC(=O)OCC(C)(CC)C(C)(C)OCCC(C)C. The highest BCUT2D eigenvalue weighted by atomic mass is 16.7. The molecular formula is C18H36O4. The zero-order valence-electron chi connectivity index (χ0n) is 15.8. The summed E-state index contributed by atoms with van der Waals surface area (Å²) in [5.41, 5.74) is -0.619. The summed E-state index contributed by atoms with van der Waals surface area (Å²) < 4.78 is 16.6. The molecule has 0 aromatic heterocycles. The molecule has 0 aromatic carbocycles. The second-order valence-electron chi connectivity index (χ2n) is 7.33. The molecule has 0 saturated heterocycles. The lowest BCUT2D eigenvalue weighted by Crippen LogP contribution is -2.47. The summed E-state index contributed by atoms with van der Waals surface area (Å²) in [6.07, 6.45) is 1.96. The van der Waals surface area contributed by atoms with Crippen molar-refractivity contribution in [3.05, 3.63) is 0 Å². The maximum absolute atomic E-state index is 11.7. The van der Waals surface area contributed by atoms with E-state index in [9.17, 15) is 4.79 Å². The highest BCUT2D eigenvalue weighted by molar-refractivity contribution is 5.60. The normalized spacial score (nSPS) is 16.2. The fourth-order valence-corrected chi connectivity index (χ4v) is 1.93. The second kappa shape index (κ2) is 9.39. The van der Waals surface area contributed by atoms with Crippen molar-refractivity contribution in [3.8, 4) is 0 Å². The zero-order chi connectivity index (χ0) is 17.4. The van der Waals surface area contributed by atoms with Crippen molar-refractivity contribution < 1.29 is 19.0 Å². The fraction of sp³-hybridized carbons (Fsp3) is 0.944.